The highest BCUT2D eigenvalue weighted by Crippen LogP contribution is 2.22. The van der Waals surface area contributed by atoms with E-state index in [1.165, 1.54) is 0 Å². The molecule has 0 saturated carbocycles. The summed E-state index contributed by atoms with van der Waals surface area (Å²) in [6, 6.07) is 9.99. The first-order valence-corrected chi connectivity index (χ1v) is 9.22. The van der Waals surface area contributed by atoms with Gasteiger partial charge in [-0.25, -0.2) is 9.78 Å². The molecule has 2 heterocycles. The van der Waals surface area contributed by atoms with Crippen molar-refractivity contribution in [1.82, 2.24) is 15.2 Å². The molecule has 2 N–H and O–H groups in total. The minimum absolute atomic E-state index is 0.0458. The third-order valence-corrected chi connectivity index (χ3v) is 5.37. The van der Waals surface area contributed by atoms with Crippen LogP contribution in [0.2, 0.25) is 0 Å². The molecule has 6 heteroatoms. The third-order valence-electron chi connectivity index (χ3n) is 4.52. The van der Waals surface area contributed by atoms with Gasteiger partial charge in [0.05, 0.1) is 18.3 Å². The lowest BCUT2D eigenvalue weighted by Crippen LogP contribution is -2.45. The number of benzene rings is 1. The largest absolute Gasteiger partial charge is 0.393 e. The zero-order valence-electron chi connectivity index (χ0n) is 13.8. The van der Waals surface area contributed by atoms with Crippen LogP contribution in [0.1, 0.15) is 24.8 Å². The molecule has 1 aliphatic heterocycles. The first-order chi connectivity index (χ1) is 11.6. The molecule has 5 nitrogen and oxygen atoms in total. The molecule has 1 aromatic carbocycles. The Hall–Kier alpha value is -1.92. The van der Waals surface area contributed by atoms with E-state index < -0.39 is 0 Å². The van der Waals surface area contributed by atoms with Gasteiger partial charge in [-0.15, -0.1) is 11.3 Å². The maximum atomic E-state index is 12.3. The standard InChI is InChI=1S/C18H23N3O2S/c1-13(22)14-7-9-21(10-8-14)18(23)19-11-17-20-16(12-24-17)15-5-3-2-4-6-15/h2-6,12-14,22H,7-11H2,1H3,(H,19,23). The first-order valence-electron chi connectivity index (χ1n) is 8.34. The number of urea groups is 1. The van der Waals surface area contributed by atoms with Gasteiger partial charge in [0.2, 0.25) is 0 Å². The van der Waals surface area contributed by atoms with Crippen LogP contribution in [0.15, 0.2) is 35.7 Å². The number of piperidine rings is 1. The fraction of sp³-hybridized carbons (Fsp3) is 0.444. The van der Waals surface area contributed by atoms with Crippen molar-refractivity contribution in [1.29, 1.82) is 0 Å². The summed E-state index contributed by atoms with van der Waals surface area (Å²) in [6.45, 7) is 3.68. The molecule has 1 fully saturated rings. The van der Waals surface area contributed by atoms with Crippen molar-refractivity contribution in [3.63, 3.8) is 0 Å². The lowest BCUT2D eigenvalue weighted by Gasteiger charge is -2.33. The number of carbonyl (C=O) groups is 1. The highest BCUT2D eigenvalue weighted by Gasteiger charge is 2.25. The van der Waals surface area contributed by atoms with Crippen LogP contribution in [-0.4, -0.2) is 40.2 Å². The summed E-state index contributed by atoms with van der Waals surface area (Å²) < 4.78 is 0. The maximum Gasteiger partial charge on any atom is 0.317 e. The van der Waals surface area contributed by atoms with Crippen molar-refractivity contribution < 1.29 is 9.90 Å². The predicted molar refractivity (Wildman–Crippen MR) is 95.8 cm³/mol. The van der Waals surface area contributed by atoms with Crippen LogP contribution < -0.4 is 5.32 Å². The second-order valence-corrected chi connectivity index (χ2v) is 7.16. The number of hydrogen-bond acceptors (Lipinski definition) is 4. The monoisotopic (exact) mass is 345 g/mol. The molecule has 1 saturated heterocycles. The van der Waals surface area contributed by atoms with Crippen molar-refractivity contribution in [3.05, 3.63) is 40.7 Å². The van der Waals surface area contributed by atoms with Gasteiger partial charge >= 0.3 is 6.03 Å². The Morgan fingerprint density at radius 3 is 2.75 bits per heavy atom. The van der Waals surface area contributed by atoms with Crippen LogP contribution in [0.25, 0.3) is 11.3 Å². The van der Waals surface area contributed by atoms with Crippen LogP contribution in [0.4, 0.5) is 4.79 Å². The van der Waals surface area contributed by atoms with Gasteiger partial charge in [-0.05, 0) is 25.7 Å². The van der Waals surface area contributed by atoms with Gasteiger partial charge in [-0.1, -0.05) is 30.3 Å². The van der Waals surface area contributed by atoms with Crippen LogP contribution in [0.3, 0.4) is 0 Å². The number of aromatic nitrogens is 1. The van der Waals surface area contributed by atoms with Crippen LogP contribution in [0, 0.1) is 5.92 Å². The molecular weight excluding hydrogens is 322 g/mol. The fourth-order valence-electron chi connectivity index (χ4n) is 2.98. The van der Waals surface area contributed by atoms with Crippen molar-refractivity contribution in [2.45, 2.75) is 32.4 Å². The van der Waals surface area contributed by atoms with Gasteiger partial charge < -0.3 is 15.3 Å². The van der Waals surface area contributed by atoms with Gasteiger partial charge in [0.15, 0.2) is 0 Å². The van der Waals surface area contributed by atoms with E-state index in [-0.39, 0.29) is 12.1 Å². The van der Waals surface area contributed by atoms with Gasteiger partial charge in [0, 0.05) is 24.0 Å². The molecule has 1 aromatic heterocycles. The Labute approximate surface area is 146 Å². The summed E-state index contributed by atoms with van der Waals surface area (Å²) >= 11 is 1.56. The highest BCUT2D eigenvalue weighted by atomic mass is 32.1. The maximum absolute atomic E-state index is 12.3. The summed E-state index contributed by atoms with van der Waals surface area (Å²) in [7, 11) is 0. The van der Waals surface area contributed by atoms with E-state index in [0.29, 0.717) is 25.6 Å². The van der Waals surface area contributed by atoms with Crippen LogP contribution in [-0.2, 0) is 6.54 Å². The number of nitrogens with zero attached hydrogens (tertiary/aromatic N) is 2. The molecule has 1 unspecified atom stereocenters. The molecule has 0 radical (unpaired) electrons. The zero-order valence-corrected chi connectivity index (χ0v) is 14.6. The van der Waals surface area contributed by atoms with Crippen LogP contribution >= 0.6 is 11.3 Å². The zero-order chi connectivity index (χ0) is 16.9. The molecule has 2 amide bonds. The lowest BCUT2D eigenvalue weighted by molar-refractivity contribution is 0.0798. The Bertz CT molecular complexity index is 664. The molecule has 3 rings (SSSR count). The van der Waals surface area contributed by atoms with E-state index >= 15 is 0 Å². The second kappa shape index (κ2) is 7.77. The average Bonchev–Trinajstić information content (AvgIpc) is 3.09. The number of hydrogen-bond donors (Lipinski definition) is 2. The lowest BCUT2D eigenvalue weighted by atomic mass is 9.92. The Morgan fingerprint density at radius 1 is 1.38 bits per heavy atom. The van der Waals surface area contributed by atoms with E-state index in [9.17, 15) is 9.90 Å². The number of rotatable bonds is 4. The number of carbonyl (C=O) groups excluding carboxylic acids is 1. The average molecular weight is 345 g/mol. The molecule has 0 aliphatic carbocycles. The summed E-state index contributed by atoms with van der Waals surface area (Å²) in [5, 5.41) is 15.5. The van der Waals surface area contributed by atoms with Crippen molar-refractivity contribution in [2.24, 2.45) is 5.92 Å². The van der Waals surface area contributed by atoms with Crippen molar-refractivity contribution in [3.8, 4) is 11.3 Å². The quantitative estimate of drug-likeness (QED) is 0.895. The third kappa shape index (κ3) is 4.13. The van der Waals surface area contributed by atoms with E-state index in [0.717, 1.165) is 29.1 Å². The van der Waals surface area contributed by atoms with Crippen molar-refractivity contribution in [2.75, 3.05) is 13.1 Å². The number of nitrogens with one attached hydrogen (secondary N) is 1. The molecule has 0 bridgehead atoms. The van der Waals surface area contributed by atoms with Gasteiger partial charge in [0.1, 0.15) is 5.01 Å². The van der Waals surface area contributed by atoms with E-state index in [2.05, 4.69) is 10.3 Å². The number of amides is 2. The molecule has 128 valence electrons. The topological polar surface area (TPSA) is 65.5 Å². The number of aliphatic hydroxyl groups excluding tert-OH is 1. The van der Waals surface area contributed by atoms with Gasteiger partial charge in [0.25, 0.3) is 0 Å². The normalized spacial score (nSPS) is 16.8. The molecule has 1 atom stereocenters. The molecular formula is C18H23N3O2S. The number of aliphatic hydroxyl groups is 1. The summed E-state index contributed by atoms with van der Waals surface area (Å²) in [6.07, 6.45) is 1.43. The second-order valence-electron chi connectivity index (χ2n) is 6.22. The Balaban J connectivity index is 1.50. The highest BCUT2D eigenvalue weighted by molar-refractivity contribution is 7.09. The fourth-order valence-corrected chi connectivity index (χ4v) is 3.72. The summed E-state index contributed by atoms with van der Waals surface area (Å²) in [5.74, 6) is 0.307. The minimum atomic E-state index is -0.290. The Morgan fingerprint density at radius 2 is 2.08 bits per heavy atom. The van der Waals surface area contributed by atoms with Crippen molar-refractivity contribution >= 4 is 17.4 Å². The summed E-state index contributed by atoms with van der Waals surface area (Å²) in [5.41, 5.74) is 2.04. The van der Waals surface area contributed by atoms with E-state index in [1.807, 2.05) is 47.5 Å². The summed E-state index contributed by atoms with van der Waals surface area (Å²) in [4.78, 5) is 18.7. The smallest absolute Gasteiger partial charge is 0.317 e. The molecule has 2 aromatic rings. The van der Waals surface area contributed by atoms with Crippen LogP contribution in [0.5, 0.6) is 0 Å². The molecule has 1 aliphatic rings. The number of likely N-dealkylation sites (tertiary alicyclic amines) is 1. The molecule has 0 spiro atoms. The number of thiazole rings is 1. The molecule has 24 heavy (non-hydrogen) atoms. The van der Waals surface area contributed by atoms with E-state index in [4.69, 9.17) is 0 Å². The van der Waals surface area contributed by atoms with Gasteiger partial charge in [-0.3, -0.25) is 0 Å². The first kappa shape index (κ1) is 16.9. The SMILES string of the molecule is CC(O)C1CCN(C(=O)NCc2nc(-c3ccccc3)cs2)CC1. The van der Waals surface area contributed by atoms with E-state index in [1.54, 1.807) is 11.3 Å². The minimum Gasteiger partial charge on any atom is -0.393 e. The van der Waals surface area contributed by atoms with Gasteiger partial charge in [-0.2, -0.15) is 0 Å². The Kier molecular flexibility index (Phi) is 5.48. The predicted octanol–water partition coefficient (Wildman–Crippen LogP) is 3.11.